The van der Waals surface area contributed by atoms with Gasteiger partial charge in [0.25, 0.3) is 5.69 Å². The Balaban J connectivity index is 1.74. The van der Waals surface area contributed by atoms with Gasteiger partial charge >= 0.3 is 0 Å². The molecular weight excluding hydrogens is 352 g/mol. The smallest absolute Gasteiger partial charge is 0.269 e. The number of hydrogen-bond acceptors (Lipinski definition) is 5. The first-order chi connectivity index (χ1) is 12.5. The van der Waals surface area contributed by atoms with E-state index in [4.69, 9.17) is 0 Å². The van der Waals surface area contributed by atoms with E-state index in [2.05, 4.69) is 5.32 Å². The average Bonchev–Trinajstić information content (AvgIpc) is 3.15. The van der Waals surface area contributed by atoms with Crippen molar-refractivity contribution in [3.05, 3.63) is 73.6 Å². The summed E-state index contributed by atoms with van der Waals surface area (Å²) < 4.78 is 0. The standard InChI is InChI=1S/C19H16N2O4S/c22-16-9-12(17-5-2-6-26-17)8-15-19(16)14(10-18(23)20-15)11-3-1-4-13(7-11)21(24)25/h1-7,12,14H,8-10H2,(H,20,23). The average molecular weight is 368 g/mol. The van der Waals surface area contributed by atoms with Crippen LogP contribution in [0.3, 0.4) is 0 Å². The van der Waals surface area contributed by atoms with Crippen LogP contribution in [0.25, 0.3) is 0 Å². The molecule has 2 aliphatic rings. The van der Waals surface area contributed by atoms with E-state index >= 15 is 0 Å². The summed E-state index contributed by atoms with van der Waals surface area (Å²) in [6.45, 7) is 0. The quantitative estimate of drug-likeness (QED) is 0.661. The topological polar surface area (TPSA) is 89.3 Å². The fourth-order valence-electron chi connectivity index (χ4n) is 3.82. The van der Waals surface area contributed by atoms with Crippen molar-refractivity contribution in [1.29, 1.82) is 0 Å². The van der Waals surface area contributed by atoms with Gasteiger partial charge in [0.1, 0.15) is 0 Å². The number of nitrogens with zero attached hydrogens (tertiary/aromatic N) is 1. The molecule has 0 radical (unpaired) electrons. The van der Waals surface area contributed by atoms with Gasteiger partial charge in [-0.3, -0.25) is 19.7 Å². The Morgan fingerprint density at radius 2 is 1.96 bits per heavy atom. The molecule has 1 aliphatic heterocycles. The minimum absolute atomic E-state index is 0.0150. The third-order valence-corrected chi connectivity index (χ3v) is 6.00. The van der Waals surface area contributed by atoms with Crippen molar-refractivity contribution < 1.29 is 14.5 Å². The Labute approximate surface area is 153 Å². The zero-order valence-corrected chi connectivity index (χ0v) is 14.6. The summed E-state index contributed by atoms with van der Waals surface area (Å²) >= 11 is 1.61. The Morgan fingerprint density at radius 1 is 1.12 bits per heavy atom. The first-order valence-corrected chi connectivity index (χ1v) is 9.24. The lowest BCUT2D eigenvalue weighted by molar-refractivity contribution is -0.384. The second kappa shape index (κ2) is 6.49. The van der Waals surface area contributed by atoms with Crippen LogP contribution >= 0.6 is 11.3 Å². The summed E-state index contributed by atoms with van der Waals surface area (Å²) in [6.07, 6.45) is 1.15. The van der Waals surface area contributed by atoms with Gasteiger partial charge in [0, 0.05) is 53.0 Å². The van der Waals surface area contributed by atoms with Gasteiger partial charge < -0.3 is 5.32 Å². The minimum atomic E-state index is -0.461. The van der Waals surface area contributed by atoms with Crippen LogP contribution in [0.4, 0.5) is 5.69 Å². The van der Waals surface area contributed by atoms with Crippen molar-refractivity contribution in [2.75, 3.05) is 0 Å². The molecule has 1 amide bonds. The summed E-state index contributed by atoms with van der Waals surface area (Å²) in [5.74, 6) is -0.484. The number of Topliss-reactive ketones (excluding diaryl/α,β-unsaturated/α-hetero) is 1. The van der Waals surface area contributed by atoms with Crippen molar-refractivity contribution >= 4 is 28.7 Å². The molecule has 7 heteroatoms. The van der Waals surface area contributed by atoms with Gasteiger partial charge in [-0.25, -0.2) is 0 Å². The number of nitrogens with one attached hydrogen (secondary N) is 1. The maximum Gasteiger partial charge on any atom is 0.269 e. The van der Waals surface area contributed by atoms with Crippen LogP contribution in [0.15, 0.2) is 53.0 Å². The summed E-state index contributed by atoms with van der Waals surface area (Å²) in [7, 11) is 0. The number of thiophene rings is 1. The Hall–Kier alpha value is -2.80. The molecule has 0 spiro atoms. The maximum absolute atomic E-state index is 12.9. The number of ketones is 1. The molecule has 0 saturated carbocycles. The molecule has 1 N–H and O–H groups in total. The maximum atomic E-state index is 12.9. The number of nitro benzene ring substituents is 1. The van der Waals surface area contributed by atoms with Crippen LogP contribution < -0.4 is 5.32 Å². The van der Waals surface area contributed by atoms with Crippen LogP contribution in [0.1, 0.15) is 41.5 Å². The largest absolute Gasteiger partial charge is 0.329 e. The number of nitro groups is 1. The molecule has 132 valence electrons. The molecule has 2 unspecified atom stereocenters. The van der Waals surface area contributed by atoms with Crippen molar-refractivity contribution in [2.24, 2.45) is 0 Å². The van der Waals surface area contributed by atoms with E-state index in [1.54, 1.807) is 23.5 Å². The third-order valence-electron chi connectivity index (χ3n) is 4.97. The first-order valence-electron chi connectivity index (χ1n) is 8.36. The Morgan fingerprint density at radius 3 is 2.69 bits per heavy atom. The van der Waals surface area contributed by atoms with E-state index in [1.165, 1.54) is 12.1 Å². The van der Waals surface area contributed by atoms with Crippen molar-refractivity contribution in [2.45, 2.75) is 31.1 Å². The molecule has 1 aliphatic carbocycles. The van der Waals surface area contributed by atoms with Crippen LogP contribution in [0, 0.1) is 10.1 Å². The third kappa shape index (κ3) is 2.94. The molecule has 2 heterocycles. The lowest BCUT2D eigenvalue weighted by atomic mass is 9.74. The highest BCUT2D eigenvalue weighted by Crippen LogP contribution is 2.43. The monoisotopic (exact) mass is 368 g/mol. The van der Waals surface area contributed by atoms with E-state index in [9.17, 15) is 19.7 Å². The first kappa shape index (κ1) is 16.7. The fraction of sp³-hybridized carbons (Fsp3) is 0.263. The van der Waals surface area contributed by atoms with Gasteiger partial charge in [0.2, 0.25) is 5.91 Å². The van der Waals surface area contributed by atoms with Crippen LogP contribution in [-0.2, 0) is 9.59 Å². The van der Waals surface area contributed by atoms with Crippen LogP contribution in [-0.4, -0.2) is 16.6 Å². The Bertz CT molecular complexity index is 933. The molecule has 2 aromatic rings. The van der Waals surface area contributed by atoms with Gasteiger partial charge in [-0.15, -0.1) is 11.3 Å². The zero-order chi connectivity index (χ0) is 18.3. The van der Waals surface area contributed by atoms with Gasteiger partial charge in [-0.1, -0.05) is 18.2 Å². The number of allylic oxidation sites excluding steroid dienone is 2. The number of non-ortho nitro benzene ring substituents is 1. The summed E-state index contributed by atoms with van der Waals surface area (Å²) in [5.41, 5.74) is 1.89. The predicted molar refractivity (Wildman–Crippen MR) is 96.9 cm³/mol. The fourth-order valence-corrected chi connectivity index (χ4v) is 4.66. The Kier molecular flexibility index (Phi) is 4.16. The van der Waals surface area contributed by atoms with Gasteiger partial charge in [0.15, 0.2) is 5.78 Å². The molecule has 1 aromatic carbocycles. The SMILES string of the molecule is O=C1CC(c2cccc([N+](=O)[O-])c2)C2=C(CC(c3cccs3)CC2=O)N1. The minimum Gasteiger partial charge on any atom is -0.329 e. The van der Waals surface area contributed by atoms with E-state index in [0.717, 1.165) is 4.88 Å². The van der Waals surface area contributed by atoms with E-state index in [-0.39, 0.29) is 29.7 Å². The lowest BCUT2D eigenvalue weighted by Crippen LogP contribution is -2.38. The highest BCUT2D eigenvalue weighted by Gasteiger charge is 2.38. The number of carbonyl (C=O) groups excluding carboxylic acids is 2. The highest BCUT2D eigenvalue weighted by atomic mass is 32.1. The normalized spacial score (nSPS) is 22.8. The number of amides is 1. The molecule has 1 aromatic heterocycles. The molecule has 6 nitrogen and oxygen atoms in total. The van der Waals surface area contributed by atoms with Crippen molar-refractivity contribution in [3.8, 4) is 0 Å². The van der Waals surface area contributed by atoms with Crippen LogP contribution in [0.5, 0.6) is 0 Å². The molecule has 0 bridgehead atoms. The molecule has 0 saturated heterocycles. The summed E-state index contributed by atoms with van der Waals surface area (Å²) in [4.78, 5) is 36.9. The highest BCUT2D eigenvalue weighted by molar-refractivity contribution is 7.10. The van der Waals surface area contributed by atoms with Gasteiger partial charge in [-0.2, -0.15) is 0 Å². The molecule has 2 atom stereocenters. The molecule has 26 heavy (non-hydrogen) atoms. The van der Waals surface area contributed by atoms with E-state index in [1.807, 2.05) is 17.5 Å². The lowest BCUT2D eigenvalue weighted by Gasteiger charge is -2.34. The number of hydrogen-bond donors (Lipinski definition) is 1. The number of benzene rings is 1. The van der Waals surface area contributed by atoms with Gasteiger partial charge in [0.05, 0.1) is 4.92 Å². The molecule has 4 rings (SSSR count). The van der Waals surface area contributed by atoms with Crippen molar-refractivity contribution in [1.82, 2.24) is 5.32 Å². The van der Waals surface area contributed by atoms with E-state index in [0.29, 0.717) is 29.7 Å². The predicted octanol–water partition coefficient (Wildman–Crippen LogP) is 3.66. The molecular formula is C19H16N2O4S. The van der Waals surface area contributed by atoms with Crippen LogP contribution in [0.2, 0.25) is 0 Å². The second-order valence-corrected chi connectivity index (χ2v) is 7.57. The zero-order valence-electron chi connectivity index (χ0n) is 13.8. The van der Waals surface area contributed by atoms with Crippen molar-refractivity contribution in [3.63, 3.8) is 0 Å². The molecule has 0 fully saturated rings. The number of carbonyl (C=O) groups is 2. The summed E-state index contributed by atoms with van der Waals surface area (Å²) in [5, 5.41) is 15.9. The van der Waals surface area contributed by atoms with Gasteiger partial charge in [-0.05, 0) is 23.4 Å². The number of rotatable bonds is 3. The van der Waals surface area contributed by atoms with E-state index < -0.39 is 10.8 Å². The second-order valence-electron chi connectivity index (χ2n) is 6.59. The summed E-state index contributed by atoms with van der Waals surface area (Å²) in [6, 6.07) is 10.2.